The summed E-state index contributed by atoms with van der Waals surface area (Å²) >= 11 is 10.1. The summed E-state index contributed by atoms with van der Waals surface area (Å²) in [4.78, 5) is 0. The molecule has 0 spiro atoms. The first-order valence-electron chi connectivity index (χ1n) is 6.11. The summed E-state index contributed by atoms with van der Waals surface area (Å²) in [5.74, 6) is 0.794. The fourth-order valence-electron chi connectivity index (χ4n) is 2.70. The number of hydrogen-bond acceptors (Lipinski definition) is 1. The van der Waals surface area contributed by atoms with E-state index in [1.807, 2.05) is 6.92 Å². The van der Waals surface area contributed by atoms with Gasteiger partial charge in [-0.3, -0.25) is 0 Å². The third-order valence-electron chi connectivity index (χ3n) is 3.47. The summed E-state index contributed by atoms with van der Waals surface area (Å²) < 4.78 is 6.62. The molecule has 0 radical (unpaired) electrons. The Labute approximate surface area is 117 Å². The van der Waals surface area contributed by atoms with Crippen molar-refractivity contribution in [3.63, 3.8) is 0 Å². The molecule has 1 nitrogen and oxygen atoms in total. The van der Waals surface area contributed by atoms with Gasteiger partial charge < -0.3 is 4.74 Å². The quantitative estimate of drug-likeness (QED) is 0.736. The number of halogens is 2. The summed E-state index contributed by atoms with van der Waals surface area (Å²) in [7, 11) is 0. The van der Waals surface area contributed by atoms with Crippen molar-refractivity contribution in [2.45, 2.75) is 45.4 Å². The van der Waals surface area contributed by atoms with Crippen LogP contribution in [0.1, 0.15) is 44.7 Å². The molecule has 0 amide bonds. The van der Waals surface area contributed by atoms with Crippen molar-refractivity contribution in [3.8, 4) is 5.75 Å². The standard InChI is InChI=1S/C14H18BrClO/c1-4-17-13-10(15)8-9-6-5-7-14(2,3)11(9)12(13)16/h8H,4-7H2,1-3H3. The lowest BCUT2D eigenvalue weighted by molar-refractivity contribution is 0.335. The van der Waals surface area contributed by atoms with Gasteiger partial charge in [-0.15, -0.1) is 0 Å². The van der Waals surface area contributed by atoms with Crippen LogP contribution < -0.4 is 4.74 Å². The maximum atomic E-state index is 6.54. The van der Waals surface area contributed by atoms with Crippen LogP contribution in [0.5, 0.6) is 5.75 Å². The Morgan fingerprint density at radius 3 is 2.82 bits per heavy atom. The van der Waals surface area contributed by atoms with Gasteiger partial charge in [-0.1, -0.05) is 25.4 Å². The Bertz CT molecular complexity index is 440. The number of hydrogen-bond donors (Lipinski definition) is 0. The van der Waals surface area contributed by atoms with Crippen molar-refractivity contribution in [1.82, 2.24) is 0 Å². The van der Waals surface area contributed by atoms with Crippen LogP contribution in [-0.4, -0.2) is 6.61 Å². The van der Waals surface area contributed by atoms with Crippen molar-refractivity contribution in [2.75, 3.05) is 6.61 Å². The minimum Gasteiger partial charge on any atom is -0.491 e. The lowest BCUT2D eigenvalue weighted by atomic mass is 9.72. The van der Waals surface area contributed by atoms with Gasteiger partial charge in [-0.25, -0.2) is 0 Å². The summed E-state index contributed by atoms with van der Waals surface area (Å²) in [5.41, 5.74) is 2.79. The van der Waals surface area contributed by atoms with Crippen LogP contribution in [-0.2, 0) is 11.8 Å². The number of ether oxygens (including phenoxy) is 1. The molecule has 0 heterocycles. The molecule has 1 aliphatic carbocycles. The van der Waals surface area contributed by atoms with Crippen LogP contribution in [0.2, 0.25) is 5.02 Å². The molecule has 0 bridgehead atoms. The third kappa shape index (κ3) is 2.34. The van der Waals surface area contributed by atoms with Crippen LogP contribution in [0.15, 0.2) is 10.5 Å². The summed E-state index contributed by atoms with van der Waals surface area (Å²) in [6.45, 7) is 7.14. The zero-order chi connectivity index (χ0) is 12.6. The highest BCUT2D eigenvalue weighted by molar-refractivity contribution is 9.10. The molecule has 0 saturated heterocycles. The van der Waals surface area contributed by atoms with E-state index in [-0.39, 0.29) is 5.41 Å². The van der Waals surface area contributed by atoms with Gasteiger partial charge in [0.25, 0.3) is 0 Å². The molecule has 3 heteroatoms. The van der Waals surface area contributed by atoms with Crippen LogP contribution in [0.4, 0.5) is 0 Å². The molecular weight excluding hydrogens is 300 g/mol. The molecule has 1 aliphatic rings. The van der Waals surface area contributed by atoms with Crippen LogP contribution in [0.25, 0.3) is 0 Å². The van der Waals surface area contributed by atoms with Gasteiger partial charge in [0.2, 0.25) is 0 Å². The average molecular weight is 318 g/mol. The molecule has 0 aromatic heterocycles. The summed E-state index contributed by atoms with van der Waals surface area (Å²) in [5, 5.41) is 0.793. The lowest BCUT2D eigenvalue weighted by Gasteiger charge is -2.34. The second-order valence-corrected chi connectivity index (χ2v) is 6.44. The van der Waals surface area contributed by atoms with E-state index in [1.54, 1.807) is 0 Å². The minimum absolute atomic E-state index is 0.150. The van der Waals surface area contributed by atoms with E-state index in [9.17, 15) is 0 Å². The van der Waals surface area contributed by atoms with Crippen molar-refractivity contribution in [2.24, 2.45) is 0 Å². The van der Waals surface area contributed by atoms with Gasteiger partial charge in [0.15, 0.2) is 5.75 Å². The van der Waals surface area contributed by atoms with E-state index in [0.29, 0.717) is 6.61 Å². The van der Waals surface area contributed by atoms with Gasteiger partial charge in [-0.2, -0.15) is 0 Å². The van der Waals surface area contributed by atoms with E-state index >= 15 is 0 Å². The average Bonchev–Trinajstić information content (AvgIpc) is 2.22. The highest BCUT2D eigenvalue weighted by Gasteiger charge is 2.32. The second kappa shape index (κ2) is 4.81. The highest BCUT2D eigenvalue weighted by Crippen LogP contribution is 2.47. The molecular formula is C14H18BrClO. The van der Waals surface area contributed by atoms with E-state index in [2.05, 4.69) is 35.8 Å². The van der Waals surface area contributed by atoms with Crippen LogP contribution >= 0.6 is 27.5 Å². The first-order chi connectivity index (χ1) is 7.97. The van der Waals surface area contributed by atoms with Crippen molar-refractivity contribution in [1.29, 1.82) is 0 Å². The zero-order valence-electron chi connectivity index (χ0n) is 10.6. The van der Waals surface area contributed by atoms with E-state index in [1.165, 1.54) is 24.0 Å². The molecule has 0 unspecified atom stereocenters. The molecule has 2 rings (SSSR count). The fraction of sp³-hybridized carbons (Fsp3) is 0.571. The molecule has 0 saturated carbocycles. The first-order valence-corrected chi connectivity index (χ1v) is 7.28. The topological polar surface area (TPSA) is 9.23 Å². The highest BCUT2D eigenvalue weighted by atomic mass is 79.9. The summed E-state index contributed by atoms with van der Waals surface area (Å²) in [6, 6.07) is 2.17. The molecule has 17 heavy (non-hydrogen) atoms. The number of rotatable bonds is 2. The molecule has 0 N–H and O–H groups in total. The predicted molar refractivity (Wildman–Crippen MR) is 76.3 cm³/mol. The van der Waals surface area contributed by atoms with E-state index in [4.69, 9.17) is 16.3 Å². The monoisotopic (exact) mass is 316 g/mol. The first kappa shape index (κ1) is 13.2. The van der Waals surface area contributed by atoms with Crippen LogP contribution in [0, 0.1) is 0 Å². The molecule has 1 aromatic carbocycles. The largest absolute Gasteiger partial charge is 0.491 e. The van der Waals surface area contributed by atoms with Gasteiger partial charge >= 0.3 is 0 Å². The van der Waals surface area contributed by atoms with Crippen molar-refractivity contribution < 1.29 is 4.74 Å². The predicted octanol–water partition coefficient (Wildman–Crippen LogP) is 5.12. The number of aryl methyl sites for hydroxylation is 1. The Morgan fingerprint density at radius 1 is 1.47 bits per heavy atom. The summed E-state index contributed by atoms with van der Waals surface area (Å²) in [6.07, 6.45) is 3.53. The van der Waals surface area contributed by atoms with Gasteiger partial charge in [0, 0.05) is 0 Å². The Balaban J connectivity index is 2.62. The molecule has 94 valence electrons. The van der Waals surface area contributed by atoms with Crippen LogP contribution in [0.3, 0.4) is 0 Å². The van der Waals surface area contributed by atoms with Crippen molar-refractivity contribution in [3.05, 3.63) is 26.7 Å². The van der Waals surface area contributed by atoms with Gasteiger partial charge in [0.05, 0.1) is 16.1 Å². The van der Waals surface area contributed by atoms with Gasteiger partial charge in [-0.05, 0) is 64.7 Å². The Hall–Kier alpha value is -0.210. The molecule has 0 atom stereocenters. The molecule has 0 aliphatic heterocycles. The lowest BCUT2D eigenvalue weighted by Crippen LogP contribution is -2.24. The van der Waals surface area contributed by atoms with Crippen molar-refractivity contribution >= 4 is 27.5 Å². The second-order valence-electron chi connectivity index (χ2n) is 5.21. The zero-order valence-corrected chi connectivity index (χ0v) is 12.9. The number of benzene rings is 1. The smallest absolute Gasteiger partial charge is 0.152 e. The maximum Gasteiger partial charge on any atom is 0.152 e. The van der Waals surface area contributed by atoms with E-state index in [0.717, 1.165) is 21.7 Å². The Kier molecular flexibility index (Phi) is 3.74. The third-order valence-corrected chi connectivity index (χ3v) is 4.42. The van der Waals surface area contributed by atoms with Gasteiger partial charge in [0.1, 0.15) is 0 Å². The molecule has 1 aromatic rings. The number of fused-ring (bicyclic) bond motifs is 1. The maximum absolute atomic E-state index is 6.54. The molecule has 0 fully saturated rings. The Morgan fingerprint density at radius 2 is 2.18 bits per heavy atom. The minimum atomic E-state index is 0.150. The normalized spacial score (nSPS) is 17.7. The fourth-order valence-corrected chi connectivity index (χ4v) is 3.94. The van der Waals surface area contributed by atoms with E-state index < -0.39 is 0 Å². The SMILES string of the molecule is CCOc1c(Br)cc2c(c1Cl)C(C)(C)CCC2.